The van der Waals surface area contributed by atoms with Crippen LogP contribution in [-0.4, -0.2) is 38.0 Å². The summed E-state index contributed by atoms with van der Waals surface area (Å²) in [7, 11) is -1.93. The van der Waals surface area contributed by atoms with Crippen LogP contribution in [-0.2, 0) is 10.2 Å². The maximum Gasteiger partial charge on any atom is 0.303 e. The van der Waals surface area contributed by atoms with Gasteiger partial charge in [-0.05, 0) is 43.0 Å². The van der Waals surface area contributed by atoms with E-state index in [1.54, 1.807) is 19.2 Å². The van der Waals surface area contributed by atoms with Crippen molar-refractivity contribution in [2.24, 2.45) is 5.92 Å². The third-order valence-corrected chi connectivity index (χ3v) is 5.39. The molecule has 106 valence electrons. The molecule has 19 heavy (non-hydrogen) atoms. The number of rotatable bonds is 3. The highest BCUT2D eigenvalue weighted by Crippen LogP contribution is 2.24. The molecule has 0 aromatic heterocycles. The van der Waals surface area contributed by atoms with Crippen molar-refractivity contribution in [1.82, 2.24) is 4.31 Å². The van der Waals surface area contributed by atoms with Gasteiger partial charge in [0.25, 0.3) is 0 Å². The number of phenolic OH excluding ortho intramolecular Hbond substituents is 1. The Morgan fingerprint density at radius 3 is 2.53 bits per heavy atom. The molecule has 1 aliphatic heterocycles. The van der Waals surface area contributed by atoms with Gasteiger partial charge in [-0.2, -0.15) is 12.7 Å². The van der Waals surface area contributed by atoms with Crippen molar-refractivity contribution in [3.8, 4) is 5.75 Å². The quantitative estimate of drug-likeness (QED) is 0.920. The third kappa shape index (κ3) is 3.01. The fourth-order valence-corrected chi connectivity index (χ4v) is 3.86. The second-order valence-electron chi connectivity index (χ2n) is 5.10. The molecule has 0 bridgehead atoms. The van der Waals surface area contributed by atoms with Crippen LogP contribution >= 0.6 is 0 Å². The van der Waals surface area contributed by atoms with E-state index in [1.165, 1.54) is 20.7 Å². The minimum Gasteiger partial charge on any atom is -0.508 e. The first-order valence-electron chi connectivity index (χ1n) is 6.44. The molecule has 1 aliphatic rings. The van der Waals surface area contributed by atoms with E-state index in [-0.39, 0.29) is 5.75 Å². The normalized spacial score (nSPS) is 21.3. The second kappa shape index (κ2) is 5.38. The fraction of sp³-hybridized carbons (Fsp3) is 0.538. The first kappa shape index (κ1) is 14.1. The maximum atomic E-state index is 12.5. The number of piperidine rings is 1. The van der Waals surface area contributed by atoms with Crippen LogP contribution in [0.15, 0.2) is 24.3 Å². The summed E-state index contributed by atoms with van der Waals surface area (Å²) in [5.41, 5.74) is 0.552. The second-order valence-corrected chi connectivity index (χ2v) is 7.06. The van der Waals surface area contributed by atoms with E-state index in [9.17, 15) is 13.5 Å². The lowest BCUT2D eigenvalue weighted by atomic mass is 10.0. The molecule has 1 aromatic carbocycles. The number of aromatic hydroxyl groups is 1. The zero-order valence-corrected chi connectivity index (χ0v) is 12.1. The van der Waals surface area contributed by atoms with Gasteiger partial charge in [0.1, 0.15) is 5.75 Å². The van der Waals surface area contributed by atoms with Gasteiger partial charge in [0.15, 0.2) is 0 Å². The summed E-state index contributed by atoms with van der Waals surface area (Å²) in [6.07, 6.45) is 1.98. The standard InChI is InChI=1S/C13H20N2O3S/c1-11-4-3-9-15(10-11)19(17,18)14(2)12-5-7-13(16)8-6-12/h5-8,11,16H,3-4,9-10H2,1-2H3/t11-/m0/s1. The van der Waals surface area contributed by atoms with Gasteiger partial charge in [-0.15, -0.1) is 0 Å². The average Bonchev–Trinajstić information content (AvgIpc) is 2.39. The molecule has 0 saturated carbocycles. The Balaban J connectivity index is 2.21. The van der Waals surface area contributed by atoms with Crippen LogP contribution in [0, 0.1) is 5.92 Å². The Morgan fingerprint density at radius 2 is 1.95 bits per heavy atom. The number of hydrogen-bond donors (Lipinski definition) is 1. The van der Waals surface area contributed by atoms with Gasteiger partial charge in [0.05, 0.1) is 5.69 Å². The summed E-state index contributed by atoms with van der Waals surface area (Å²) in [5.74, 6) is 0.526. The third-order valence-electron chi connectivity index (χ3n) is 3.51. The predicted molar refractivity (Wildman–Crippen MR) is 75.4 cm³/mol. The van der Waals surface area contributed by atoms with Crippen LogP contribution in [0.25, 0.3) is 0 Å². The summed E-state index contributed by atoms with van der Waals surface area (Å²) in [6.45, 7) is 3.22. The lowest BCUT2D eigenvalue weighted by Gasteiger charge is -2.33. The summed E-state index contributed by atoms with van der Waals surface area (Å²) in [5, 5.41) is 9.25. The Kier molecular flexibility index (Phi) is 4.01. The molecular formula is C13H20N2O3S. The zero-order chi connectivity index (χ0) is 14.0. The number of hydrogen-bond acceptors (Lipinski definition) is 3. The highest BCUT2D eigenvalue weighted by atomic mass is 32.2. The van der Waals surface area contributed by atoms with Gasteiger partial charge >= 0.3 is 10.2 Å². The van der Waals surface area contributed by atoms with E-state index in [1.807, 2.05) is 0 Å². The highest BCUT2D eigenvalue weighted by molar-refractivity contribution is 7.90. The van der Waals surface area contributed by atoms with Crippen molar-refractivity contribution in [3.05, 3.63) is 24.3 Å². The largest absolute Gasteiger partial charge is 0.508 e. The highest BCUT2D eigenvalue weighted by Gasteiger charge is 2.30. The van der Waals surface area contributed by atoms with Gasteiger partial charge in [-0.25, -0.2) is 0 Å². The molecule has 0 unspecified atom stereocenters. The van der Waals surface area contributed by atoms with Gasteiger partial charge in [0, 0.05) is 20.1 Å². The Labute approximate surface area is 114 Å². The lowest BCUT2D eigenvalue weighted by molar-refractivity contribution is 0.281. The van der Waals surface area contributed by atoms with Crippen molar-refractivity contribution in [3.63, 3.8) is 0 Å². The van der Waals surface area contributed by atoms with Crippen LogP contribution in [0.5, 0.6) is 5.75 Å². The Morgan fingerprint density at radius 1 is 1.32 bits per heavy atom. The fourth-order valence-electron chi connectivity index (χ4n) is 2.32. The number of benzene rings is 1. The van der Waals surface area contributed by atoms with E-state index in [2.05, 4.69) is 6.92 Å². The summed E-state index contributed by atoms with van der Waals surface area (Å²) in [4.78, 5) is 0. The predicted octanol–water partition coefficient (Wildman–Crippen LogP) is 1.81. The minimum atomic E-state index is -3.48. The van der Waals surface area contributed by atoms with Crippen molar-refractivity contribution < 1.29 is 13.5 Å². The molecule has 1 heterocycles. The first-order chi connectivity index (χ1) is 8.91. The zero-order valence-electron chi connectivity index (χ0n) is 11.3. The van der Waals surface area contributed by atoms with Crippen LogP contribution in [0.3, 0.4) is 0 Å². The molecule has 1 atom stereocenters. The number of phenols is 1. The molecule has 1 N–H and O–H groups in total. The molecule has 2 rings (SSSR count). The monoisotopic (exact) mass is 284 g/mol. The SMILES string of the molecule is C[C@H]1CCCN(S(=O)(=O)N(C)c2ccc(O)cc2)C1. The molecule has 0 aliphatic carbocycles. The average molecular weight is 284 g/mol. The van der Waals surface area contributed by atoms with Crippen molar-refractivity contribution >= 4 is 15.9 Å². The number of anilines is 1. The topological polar surface area (TPSA) is 60.9 Å². The van der Waals surface area contributed by atoms with E-state index < -0.39 is 10.2 Å². The van der Waals surface area contributed by atoms with Crippen molar-refractivity contribution in [2.75, 3.05) is 24.4 Å². The van der Waals surface area contributed by atoms with E-state index in [4.69, 9.17) is 0 Å². The molecular weight excluding hydrogens is 264 g/mol. The first-order valence-corrected chi connectivity index (χ1v) is 7.84. The summed E-state index contributed by atoms with van der Waals surface area (Å²) in [6, 6.07) is 6.17. The molecule has 1 aromatic rings. The number of nitrogens with zero attached hydrogens (tertiary/aromatic N) is 2. The minimum absolute atomic E-state index is 0.126. The Hall–Kier alpha value is -1.27. The van der Waals surface area contributed by atoms with Gasteiger partial charge in [0.2, 0.25) is 0 Å². The van der Waals surface area contributed by atoms with E-state index in [0.29, 0.717) is 24.7 Å². The molecule has 5 nitrogen and oxygen atoms in total. The lowest BCUT2D eigenvalue weighted by Crippen LogP contribution is -2.46. The van der Waals surface area contributed by atoms with Crippen molar-refractivity contribution in [1.29, 1.82) is 0 Å². The molecule has 1 saturated heterocycles. The van der Waals surface area contributed by atoms with Crippen molar-refractivity contribution in [2.45, 2.75) is 19.8 Å². The van der Waals surface area contributed by atoms with Crippen LogP contribution < -0.4 is 4.31 Å². The maximum absolute atomic E-state index is 12.5. The molecule has 0 amide bonds. The molecule has 0 radical (unpaired) electrons. The van der Waals surface area contributed by atoms with Gasteiger partial charge in [-0.1, -0.05) is 6.92 Å². The summed E-state index contributed by atoms with van der Waals surface area (Å²) < 4.78 is 27.8. The molecule has 6 heteroatoms. The van der Waals surface area contributed by atoms with Crippen LogP contribution in [0.2, 0.25) is 0 Å². The Bertz CT molecular complexity index is 527. The van der Waals surface area contributed by atoms with Crippen LogP contribution in [0.1, 0.15) is 19.8 Å². The van der Waals surface area contributed by atoms with Gasteiger partial charge in [-0.3, -0.25) is 4.31 Å². The molecule has 1 fully saturated rings. The van der Waals surface area contributed by atoms with E-state index >= 15 is 0 Å². The van der Waals surface area contributed by atoms with Crippen LogP contribution in [0.4, 0.5) is 5.69 Å². The smallest absolute Gasteiger partial charge is 0.303 e. The summed E-state index contributed by atoms with van der Waals surface area (Å²) >= 11 is 0. The van der Waals surface area contributed by atoms with Gasteiger partial charge < -0.3 is 5.11 Å². The van der Waals surface area contributed by atoms with E-state index in [0.717, 1.165) is 12.8 Å². The molecule has 0 spiro atoms.